The fraction of sp³-hybridized carbons (Fsp3) is 0.0236. The highest BCUT2D eigenvalue weighted by molar-refractivity contribution is 7.71. The van der Waals surface area contributed by atoms with Gasteiger partial charge in [-0.2, -0.15) is 5.26 Å². The minimum absolute atomic E-state index is 0.0261. The van der Waals surface area contributed by atoms with E-state index in [1.54, 1.807) is 12.1 Å². The number of nitrogens with zero attached hydrogens (tertiary/aromatic N) is 4. The molecule has 6 aliphatic carbocycles. The molecule has 0 N–H and O–H groups in total. The summed E-state index contributed by atoms with van der Waals surface area (Å²) < 4.78 is 37.6. The number of nitriles is 1. The topological polar surface area (TPSA) is 71.2 Å². The van der Waals surface area contributed by atoms with Gasteiger partial charge in [-0.05, 0) is 228 Å². The molecule has 0 amide bonds. The molecule has 0 aliphatic heterocycles. The first kappa shape index (κ1) is 75.3. The predicted octanol–water partition coefficient (Wildman–Crippen LogP) is 30.5. The maximum Gasteiger partial charge on any atom is 0.263 e. The Morgan fingerprint density at radius 1 is 0.213 bits per heavy atom. The number of hydrogen-bond donors (Lipinski definition) is 0. The van der Waals surface area contributed by atoms with Gasteiger partial charge in [-0.1, -0.05) is 352 Å². The third-order valence-electron chi connectivity index (χ3n) is 31.4. The molecule has 0 saturated carbocycles. The standard InChI is InChI=1S/C44H23F2NO.C44H25NS.C39H20N2O/c45-26-14-16-29-30-17-15-27(46)23-39(30)44(38(29)22-26)36-13-7-6-12-33(36)40-37(44)19-18-31-35-21-25(24-8-2-1-3-9-24)20-34-28-10-4-5-11-32(28)43(48)47(41(34)35)42(31)40;46-43-32-17-5-4-14-28(32)34-24-27(26-12-2-1-3-13-26)25-35-31-22-23-39-40(42(31)45(43)41(34)35)33-18-8-11-21-38(33)44(39)36-19-9-6-15-29(36)30-16-7-10-20-37(30)44;40-21-22-19-29-23-9-1-2-12-27(23)38(42)41-36(29)30(20-22)26-17-18-34-35(37(26)41)28-13-5-8-16-33(28)39(34)31-14-6-3-10-24(31)25-11-4-7-15-32(25)39/h1-23H;1-25H;1-20H. The maximum absolute atomic E-state index is 15.3. The number of hydrogen-bond acceptors (Lipinski definition) is 4. The number of rotatable bonds is 2. The summed E-state index contributed by atoms with van der Waals surface area (Å²) in [6, 6.07) is 145. The molecule has 0 saturated heterocycles. The van der Waals surface area contributed by atoms with Crippen molar-refractivity contribution in [2.24, 2.45) is 0 Å². The first-order valence-corrected chi connectivity index (χ1v) is 46.7. The van der Waals surface area contributed by atoms with Gasteiger partial charge in [0.1, 0.15) is 16.3 Å². The van der Waals surface area contributed by atoms with Gasteiger partial charge in [0, 0.05) is 81.3 Å². The van der Waals surface area contributed by atoms with Crippen molar-refractivity contribution in [2.75, 3.05) is 0 Å². The molecule has 0 bridgehead atoms. The highest BCUT2D eigenvalue weighted by Crippen LogP contribution is 2.69. The Morgan fingerprint density at radius 3 is 0.846 bits per heavy atom. The largest absolute Gasteiger partial charge is 0.298 e. The smallest absolute Gasteiger partial charge is 0.263 e. The third-order valence-corrected chi connectivity index (χ3v) is 31.8. The molecular formula is C127H68F2N4O2S. The van der Waals surface area contributed by atoms with E-state index in [-0.39, 0.29) is 22.8 Å². The Hall–Kier alpha value is -17.4. The van der Waals surface area contributed by atoms with Crippen molar-refractivity contribution in [3.05, 3.63) is 522 Å². The summed E-state index contributed by atoms with van der Waals surface area (Å²) in [5.41, 5.74) is 36.6. The summed E-state index contributed by atoms with van der Waals surface area (Å²) in [5.74, 6) is -0.691. The van der Waals surface area contributed by atoms with Gasteiger partial charge in [0.2, 0.25) is 0 Å². The van der Waals surface area contributed by atoms with E-state index >= 15 is 8.78 Å². The Bertz CT molecular complexity index is 10100. The van der Waals surface area contributed by atoms with Crippen LogP contribution in [-0.2, 0) is 16.2 Å². The molecule has 0 atom stereocenters. The zero-order valence-electron chi connectivity index (χ0n) is 72.5. The van der Waals surface area contributed by atoms with Crippen LogP contribution in [0.4, 0.5) is 8.78 Å². The second kappa shape index (κ2) is 26.9. The molecule has 26 aromatic rings. The number of halogens is 2. The fourth-order valence-electron chi connectivity index (χ4n) is 26.4. The van der Waals surface area contributed by atoms with Crippen LogP contribution in [0.5, 0.6) is 0 Å². The van der Waals surface area contributed by atoms with Crippen LogP contribution in [0.3, 0.4) is 0 Å². The van der Waals surface area contributed by atoms with Crippen molar-refractivity contribution >= 4 is 126 Å². The lowest BCUT2D eigenvalue weighted by Gasteiger charge is -2.30. The van der Waals surface area contributed by atoms with Crippen LogP contribution in [0.25, 0.3) is 203 Å². The van der Waals surface area contributed by atoms with Crippen molar-refractivity contribution in [3.8, 4) is 95.1 Å². The lowest BCUT2D eigenvalue weighted by molar-refractivity contribution is 0.618. The molecule has 0 fully saturated rings. The first-order valence-electron chi connectivity index (χ1n) is 46.2. The van der Waals surface area contributed by atoms with Gasteiger partial charge >= 0.3 is 0 Å². The molecule has 0 radical (unpaired) electrons. The number of aromatic nitrogens is 3. The molecule has 20 aromatic carbocycles. The van der Waals surface area contributed by atoms with E-state index in [0.29, 0.717) is 16.3 Å². The molecule has 0 unspecified atom stereocenters. The number of fused-ring (bicyclic) bond motifs is 48. The van der Waals surface area contributed by atoms with Crippen LogP contribution in [-0.4, -0.2) is 13.2 Å². The Kier molecular flexibility index (Phi) is 14.9. The van der Waals surface area contributed by atoms with Crippen molar-refractivity contribution in [2.45, 2.75) is 16.2 Å². The number of benzene rings is 20. The van der Waals surface area contributed by atoms with Crippen LogP contribution < -0.4 is 11.1 Å². The zero-order chi connectivity index (χ0) is 89.8. The van der Waals surface area contributed by atoms with E-state index in [4.69, 9.17) is 12.2 Å². The minimum Gasteiger partial charge on any atom is -0.298 e. The Labute approximate surface area is 780 Å². The van der Waals surface area contributed by atoms with Gasteiger partial charge in [0.05, 0.1) is 61.0 Å². The molecule has 32 rings (SSSR count). The molecule has 6 nitrogen and oxygen atoms in total. The lowest BCUT2D eigenvalue weighted by atomic mass is 9.70. The molecule has 6 heterocycles. The van der Waals surface area contributed by atoms with Gasteiger partial charge in [-0.15, -0.1) is 0 Å². The maximum atomic E-state index is 15.3. The van der Waals surface area contributed by atoms with Gasteiger partial charge in [0.25, 0.3) is 11.1 Å². The average molecular weight is 1750 g/mol. The third kappa shape index (κ3) is 9.19. The SMILES string of the molecule is N#Cc1cc2c3ccccc3c(=O)n3c4c5c(ccc4c(c1)c23)C1(c2ccccc2-c2ccccc21)c1ccccc1-5.O=c1c2ccccc2c2cc(-c3ccccc3)cc3c4ccc5c(c4n1c23)-c1ccccc1C51c2cc(F)ccc2-c2ccc(F)cc21.S=c1c2ccccc2c2cc(-c3ccccc3)cc3c4ccc5c(c4n1c23)-c1ccccc1C51c2ccccc2-c2ccccc21. The molecule has 6 aliphatic rings. The molecule has 3 spiro atoms. The second-order valence-electron chi connectivity index (χ2n) is 37.3. The van der Waals surface area contributed by atoms with Crippen LogP contribution >= 0.6 is 12.2 Å². The Morgan fingerprint density at radius 2 is 0.478 bits per heavy atom. The average Bonchev–Trinajstić information content (AvgIpc) is 1.48. The van der Waals surface area contributed by atoms with E-state index in [2.05, 4.69) is 296 Å². The molecule has 6 aromatic heterocycles. The van der Waals surface area contributed by atoms with Crippen molar-refractivity contribution in [3.63, 3.8) is 0 Å². The molecular weight excluding hydrogens is 1680 g/mol. The monoisotopic (exact) mass is 1750 g/mol. The minimum atomic E-state index is -0.959. The highest BCUT2D eigenvalue weighted by atomic mass is 32.1. The van der Waals surface area contributed by atoms with E-state index in [9.17, 15) is 14.9 Å². The molecule has 9 heteroatoms. The molecule has 628 valence electrons. The summed E-state index contributed by atoms with van der Waals surface area (Å²) in [7, 11) is 0. The molecule has 136 heavy (non-hydrogen) atoms. The van der Waals surface area contributed by atoms with Crippen LogP contribution in [0.1, 0.15) is 72.3 Å². The van der Waals surface area contributed by atoms with Crippen molar-refractivity contribution in [1.29, 1.82) is 5.26 Å². The Balaban J connectivity index is 0.0000000971. The van der Waals surface area contributed by atoms with Crippen molar-refractivity contribution in [1.82, 2.24) is 13.2 Å². The van der Waals surface area contributed by atoms with Crippen molar-refractivity contribution < 1.29 is 8.78 Å². The lowest BCUT2D eigenvalue weighted by Crippen LogP contribution is -2.26. The fourth-order valence-corrected chi connectivity index (χ4v) is 26.8. The number of pyridine rings is 3. The summed E-state index contributed by atoms with van der Waals surface area (Å²) in [6.45, 7) is 0. The van der Waals surface area contributed by atoms with E-state index in [0.717, 1.165) is 142 Å². The predicted molar refractivity (Wildman–Crippen MR) is 551 cm³/mol. The van der Waals surface area contributed by atoms with Gasteiger partial charge < -0.3 is 0 Å². The zero-order valence-corrected chi connectivity index (χ0v) is 73.3. The van der Waals surface area contributed by atoms with Gasteiger partial charge in [-0.3, -0.25) is 22.8 Å². The second-order valence-corrected chi connectivity index (χ2v) is 37.7. The first-order chi connectivity index (χ1) is 67.0. The highest BCUT2D eigenvalue weighted by Gasteiger charge is 2.56. The van der Waals surface area contributed by atoms with Crippen LogP contribution in [0, 0.1) is 27.6 Å². The summed E-state index contributed by atoms with van der Waals surface area (Å²) in [6.07, 6.45) is 0. The van der Waals surface area contributed by atoms with E-state index in [1.165, 1.54) is 134 Å². The summed E-state index contributed by atoms with van der Waals surface area (Å²) >= 11 is 6.44. The normalized spacial score (nSPS) is 13.9. The van der Waals surface area contributed by atoms with Gasteiger partial charge in [0.15, 0.2) is 0 Å². The van der Waals surface area contributed by atoms with Crippen LogP contribution in [0.15, 0.2) is 422 Å². The van der Waals surface area contributed by atoms with Crippen LogP contribution in [0.2, 0.25) is 0 Å². The quantitative estimate of drug-likeness (QED) is 0.128. The van der Waals surface area contributed by atoms with E-state index in [1.807, 2.05) is 112 Å². The summed E-state index contributed by atoms with van der Waals surface area (Å²) in [5, 5.41) is 25.0. The van der Waals surface area contributed by atoms with E-state index < -0.39 is 16.2 Å². The van der Waals surface area contributed by atoms with Gasteiger partial charge in [-0.25, -0.2) is 8.78 Å². The summed E-state index contributed by atoms with van der Waals surface area (Å²) in [4.78, 5) is 29.1.